The quantitative estimate of drug-likeness (QED) is 0.431. The summed E-state index contributed by atoms with van der Waals surface area (Å²) in [4.78, 5) is 8.81. The highest BCUT2D eigenvalue weighted by Crippen LogP contribution is 2.19. The molecule has 0 unspecified atom stereocenters. The second kappa shape index (κ2) is 9.05. The minimum Gasteiger partial charge on any atom is -0.444 e. The Labute approximate surface area is 160 Å². The van der Waals surface area contributed by atoms with E-state index in [1.807, 2.05) is 12.1 Å². The zero-order valence-corrected chi connectivity index (χ0v) is 16.5. The molecule has 1 aromatic carbocycles. The Hall–Kier alpha value is -1.57. The molecular formula is C18H25IN4O. The monoisotopic (exact) mass is 440 g/mol. The lowest BCUT2D eigenvalue weighted by Gasteiger charge is -2.16. The van der Waals surface area contributed by atoms with Gasteiger partial charge < -0.3 is 15.1 Å². The maximum absolute atomic E-state index is 5.58. The van der Waals surface area contributed by atoms with Gasteiger partial charge in [0.25, 0.3) is 0 Å². The van der Waals surface area contributed by atoms with Gasteiger partial charge in [0.05, 0.1) is 12.2 Å². The van der Waals surface area contributed by atoms with Gasteiger partial charge in [-0.3, -0.25) is 4.99 Å². The fourth-order valence-electron chi connectivity index (χ4n) is 2.85. The second-order valence-electron chi connectivity index (χ2n) is 6.06. The van der Waals surface area contributed by atoms with Crippen LogP contribution in [0.4, 0.5) is 0 Å². The van der Waals surface area contributed by atoms with Gasteiger partial charge in [-0.15, -0.1) is 24.0 Å². The number of oxazole rings is 1. The molecule has 1 fully saturated rings. The van der Waals surface area contributed by atoms with E-state index in [1.165, 1.54) is 31.2 Å². The number of nitrogens with one attached hydrogen (secondary N) is 2. The maximum Gasteiger partial charge on any atom is 0.226 e. The largest absolute Gasteiger partial charge is 0.444 e. The summed E-state index contributed by atoms with van der Waals surface area (Å²) in [5.41, 5.74) is 3.09. The lowest BCUT2D eigenvalue weighted by molar-refractivity contribution is 0.571. The molecule has 0 bridgehead atoms. The van der Waals surface area contributed by atoms with Crippen LogP contribution in [0.1, 0.15) is 36.9 Å². The van der Waals surface area contributed by atoms with Crippen molar-refractivity contribution in [1.82, 2.24) is 15.6 Å². The Morgan fingerprint density at radius 2 is 1.96 bits per heavy atom. The number of rotatable bonds is 4. The minimum absolute atomic E-state index is 0. The van der Waals surface area contributed by atoms with Gasteiger partial charge in [-0.25, -0.2) is 4.98 Å². The number of aliphatic imine (C=N–C) groups is 1. The molecule has 24 heavy (non-hydrogen) atoms. The Kier molecular flexibility index (Phi) is 7.08. The summed E-state index contributed by atoms with van der Waals surface area (Å²) in [5.74, 6) is 1.48. The van der Waals surface area contributed by atoms with E-state index in [1.54, 1.807) is 13.3 Å². The average molecular weight is 440 g/mol. The van der Waals surface area contributed by atoms with Crippen LogP contribution < -0.4 is 10.6 Å². The van der Waals surface area contributed by atoms with E-state index in [4.69, 9.17) is 4.42 Å². The Morgan fingerprint density at radius 3 is 2.62 bits per heavy atom. The van der Waals surface area contributed by atoms with E-state index < -0.39 is 0 Å². The summed E-state index contributed by atoms with van der Waals surface area (Å²) >= 11 is 0. The van der Waals surface area contributed by atoms with E-state index in [0.29, 0.717) is 18.5 Å². The second-order valence-corrected chi connectivity index (χ2v) is 6.06. The zero-order valence-electron chi connectivity index (χ0n) is 14.2. The number of benzene rings is 1. The van der Waals surface area contributed by atoms with Crippen molar-refractivity contribution in [3.63, 3.8) is 0 Å². The van der Waals surface area contributed by atoms with Crippen LogP contribution in [-0.2, 0) is 6.54 Å². The summed E-state index contributed by atoms with van der Waals surface area (Å²) in [6.45, 7) is 2.67. The lowest BCUT2D eigenvalue weighted by Crippen LogP contribution is -2.41. The van der Waals surface area contributed by atoms with Crippen LogP contribution in [0.5, 0.6) is 0 Å². The van der Waals surface area contributed by atoms with Crippen molar-refractivity contribution >= 4 is 29.9 Å². The third-order valence-electron chi connectivity index (χ3n) is 4.21. The van der Waals surface area contributed by atoms with E-state index in [2.05, 4.69) is 39.7 Å². The summed E-state index contributed by atoms with van der Waals surface area (Å²) in [6, 6.07) is 8.72. The van der Waals surface area contributed by atoms with Gasteiger partial charge in [-0.2, -0.15) is 0 Å². The molecule has 1 saturated carbocycles. The highest BCUT2D eigenvalue weighted by atomic mass is 127. The molecule has 5 nitrogen and oxygen atoms in total. The molecule has 0 amide bonds. The molecule has 3 rings (SSSR count). The van der Waals surface area contributed by atoms with Crippen LogP contribution in [0.2, 0.25) is 0 Å². The molecule has 0 aliphatic heterocycles. The third kappa shape index (κ3) is 4.96. The molecular weight excluding hydrogens is 415 g/mol. The summed E-state index contributed by atoms with van der Waals surface area (Å²) < 4.78 is 5.58. The van der Waals surface area contributed by atoms with Crippen molar-refractivity contribution < 1.29 is 4.42 Å². The molecule has 130 valence electrons. The molecule has 0 saturated heterocycles. The van der Waals surface area contributed by atoms with Crippen LogP contribution in [0.25, 0.3) is 11.5 Å². The number of aromatic nitrogens is 1. The normalized spacial score (nSPS) is 15.2. The summed E-state index contributed by atoms with van der Waals surface area (Å²) in [7, 11) is 1.80. The molecule has 0 atom stereocenters. The van der Waals surface area contributed by atoms with Crippen molar-refractivity contribution in [1.29, 1.82) is 0 Å². The van der Waals surface area contributed by atoms with E-state index in [-0.39, 0.29) is 24.0 Å². The summed E-state index contributed by atoms with van der Waals surface area (Å²) in [6.07, 6.45) is 6.76. The molecule has 1 aliphatic rings. The van der Waals surface area contributed by atoms with Gasteiger partial charge in [-0.05, 0) is 31.9 Å². The molecule has 0 radical (unpaired) electrons. The molecule has 1 aromatic heterocycles. The third-order valence-corrected chi connectivity index (χ3v) is 4.21. The van der Waals surface area contributed by atoms with Crippen molar-refractivity contribution in [3.8, 4) is 11.5 Å². The number of guanidine groups is 1. The Balaban J connectivity index is 0.00000208. The fourth-order valence-corrected chi connectivity index (χ4v) is 2.85. The molecule has 6 heteroatoms. The van der Waals surface area contributed by atoms with Crippen LogP contribution in [0.3, 0.4) is 0 Å². The molecule has 2 N–H and O–H groups in total. The van der Waals surface area contributed by atoms with Gasteiger partial charge in [0.1, 0.15) is 6.26 Å². The number of hydrogen-bond acceptors (Lipinski definition) is 3. The highest BCUT2D eigenvalue weighted by Gasteiger charge is 2.16. The van der Waals surface area contributed by atoms with E-state index >= 15 is 0 Å². The number of hydrogen-bond donors (Lipinski definition) is 2. The van der Waals surface area contributed by atoms with Crippen LogP contribution in [-0.4, -0.2) is 24.0 Å². The first-order valence-electron chi connectivity index (χ1n) is 8.23. The number of nitrogens with zero attached hydrogens (tertiary/aromatic N) is 2. The first-order chi connectivity index (χ1) is 11.2. The Morgan fingerprint density at radius 1 is 1.25 bits per heavy atom. The first-order valence-corrected chi connectivity index (χ1v) is 8.23. The topological polar surface area (TPSA) is 62.5 Å². The van der Waals surface area contributed by atoms with E-state index in [0.717, 1.165) is 17.2 Å². The van der Waals surface area contributed by atoms with Gasteiger partial charge in [0.2, 0.25) is 5.89 Å². The SMILES string of the molecule is CN=C(NCc1coc(-c2ccc(C)cc2)n1)NC1CCCC1.I. The van der Waals surface area contributed by atoms with Crippen molar-refractivity contribution in [2.75, 3.05) is 7.05 Å². The number of halogens is 1. The minimum atomic E-state index is 0. The molecule has 1 aliphatic carbocycles. The van der Waals surface area contributed by atoms with Crippen molar-refractivity contribution in [3.05, 3.63) is 41.8 Å². The van der Waals surface area contributed by atoms with Crippen molar-refractivity contribution in [2.24, 2.45) is 4.99 Å². The standard InChI is InChI=1S/C18H24N4O.HI/c1-13-7-9-14(10-8-13)17-21-16(12-23-17)11-20-18(19-2)22-15-5-3-4-6-15;/h7-10,12,15H,3-6,11H2,1-2H3,(H2,19,20,22);1H. The number of aryl methyl sites for hydroxylation is 1. The predicted molar refractivity (Wildman–Crippen MR) is 108 cm³/mol. The van der Waals surface area contributed by atoms with Gasteiger partial charge >= 0.3 is 0 Å². The average Bonchev–Trinajstić information content (AvgIpc) is 3.24. The van der Waals surface area contributed by atoms with Gasteiger partial charge in [0.15, 0.2) is 5.96 Å². The maximum atomic E-state index is 5.58. The smallest absolute Gasteiger partial charge is 0.226 e. The Bertz CT molecular complexity index is 660. The fraction of sp³-hybridized carbons (Fsp3) is 0.444. The van der Waals surface area contributed by atoms with E-state index in [9.17, 15) is 0 Å². The molecule has 0 spiro atoms. The lowest BCUT2D eigenvalue weighted by atomic mass is 10.1. The van der Waals surface area contributed by atoms with Gasteiger partial charge in [-0.1, -0.05) is 30.5 Å². The van der Waals surface area contributed by atoms with Crippen LogP contribution in [0.15, 0.2) is 39.9 Å². The predicted octanol–water partition coefficient (Wildman–Crippen LogP) is 3.88. The molecule has 2 aromatic rings. The summed E-state index contributed by atoms with van der Waals surface area (Å²) in [5, 5.41) is 6.76. The van der Waals surface area contributed by atoms with Crippen LogP contribution in [0, 0.1) is 6.92 Å². The highest BCUT2D eigenvalue weighted by molar-refractivity contribution is 14.0. The van der Waals surface area contributed by atoms with Crippen LogP contribution >= 0.6 is 24.0 Å². The van der Waals surface area contributed by atoms with Crippen molar-refractivity contribution in [2.45, 2.75) is 45.2 Å². The molecule has 1 heterocycles. The van der Waals surface area contributed by atoms with Gasteiger partial charge in [0, 0.05) is 18.7 Å². The zero-order chi connectivity index (χ0) is 16.1. The first kappa shape index (κ1) is 18.8.